The maximum Gasteiger partial charge on any atom is 0.354 e. The van der Waals surface area contributed by atoms with Crippen molar-refractivity contribution in [3.8, 4) is 17.2 Å². The second kappa shape index (κ2) is 9.43. The molecule has 0 bridgehead atoms. The standard InChI is InChI=1S/C27H20FNO6S/c1-33-17-9-12-19-20(13-17)29(14-15-5-3-4-6-21(15)34-2)26(31)22-23(30)25(27(32)35-24(19)22)36-18-10-7-16(28)8-11-18/h3-13,30H,14H2,1-2H3. The lowest BCUT2D eigenvalue weighted by Crippen LogP contribution is -2.23. The van der Waals surface area contributed by atoms with Crippen LogP contribution in [-0.2, 0) is 6.54 Å². The molecule has 2 heterocycles. The average molecular weight is 506 g/mol. The molecule has 0 spiro atoms. The summed E-state index contributed by atoms with van der Waals surface area (Å²) in [6, 6.07) is 17.7. The molecule has 7 nitrogen and oxygen atoms in total. The Morgan fingerprint density at radius 2 is 1.75 bits per heavy atom. The van der Waals surface area contributed by atoms with Crippen molar-refractivity contribution in [2.45, 2.75) is 16.3 Å². The van der Waals surface area contributed by atoms with Gasteiger partial charge in [0.1, 0.15) is 27.6 Å². The third-order valence-electron chi connectivity index (χ3n) is 5.81. The van der Waals surface area contributed by atoms with Gasteiger partial charge in [-0.25, -0.2) is 9.18 Å². The van der Waals surface area contributed by atoms with Crippen molar-refractivity contribution in [2.75, 3.05) is 14.2 Å². The summed E-state index contributed by atoms with van der Waals surface area (Å²) < 4.78 is 31.2. The Balaban J connectivity index is 1.80. The fourth-order valence-corrected chi connectivity index (χ4v) is 4.90. The molecule has 0 unspecified atom stereocenters. The van der Waals surface area contributed by atoms with Crippen molar-refractivity contribution in [3.63, 3.8) is 0 Å². The summed E-state index contributed by atoms with van der Waals surface area (Å²) in [4.78, 5) is 27.1. The fourth-order valence-electron chi connectivity index (χ4n) is 4.07. The molecular formula is C27H20FNO6S. The van der Waals surface area contributed by atoms with E-state index < -0.39 is 22.8 Å². The highest BCUT2D eigenvalue weighted by Gasteiger charge is 2.23. The molecule has 182 valence electrons. The van der Waals surface area contributed by atoms with Crippen LogP contribution in [0.25, 0.3) is 21.9 Å². The first-order chi connectivity index (χ1) is 17.4. The van der Waals surface area contributed by atoms with E-state index in [-0.39, 0.29) is 22.4 Å². The minimum absolute atomic E-state index is 0.0279. The van der Waals surface area contributed by atoms with Crippen LogP contribution in [0.4, 0.5) is 4.39 Å². The molecule has 0 saturated carbocycles. The molecule has 9 heteroatoms. The fraction of sp³-hybridized carbons (Fsp3) is 0.111. The number of hydrogen-bond donors (Lipinski definition) is 1. The van der Waals surface area contributed by atoms with Gasteiger partial charge in [0.25, 0.3) is 5.56 Å². The van der Waals surface area contributed by atoms with Gasteiger partial charge >= 0.3 is 5.63 Å². The van der Waals surface area contributed by atoms with Crippen molar-refractivity contribution in [1.82, 2.24) is 4.57 Å². The molecule has 0 aliphatic carbocycles. The van der Waals surface area contributed by atoms with Crippen LogP contribution in [0.5, 0.6) is 17.2 Å². The number of hydrogen-bond acceptors (Lipinski definition) is 7. The zero-order chi connectivity index (χ0) is 25.4. The number of rotatable bonds is 6. The molecule has 0 fully saturated rings. The van der Waals surface area contributed by atoms with Crippen LogP contribution in [0.2, 0.25) is 0 Å². The number of para-hydroxylation sites is 1. The summed E-state index contributed by atoms with van der Waals surface area (Å²) in [6.07, 6.45) is 0. The maximum atomic E-state index is 13.8. The van der Waals surface area contributed by atoms with Gasteiger partial charge in [-0.05, 0) is 42.5 Å². The van der Waals surface area contributed by atoms with Crippen LogP contribution in [-0.4, -0.2) is 23.9 Å². The molecule has 5 aromatic rings. The van der Waals surface area contributed by atoms with Gasteiger partial charge in [-0.1, -0.05) is 30.0 Å². The van der Waals surface area contributed by atoms with E-state index in [1.54, 1.807) is 31.4 Å². The van der Waals surface area contributed by atoms with Gasteiger partial charge in [-0.3, -0.25) is 4.79 Å². The van der Waals surface area contributed by atoms with Crippen LogP contribution >= 0.6 is 11.8 Å². The second-order valence-corrected chi connectivity index (χ2v) is 9.00. The lowest BCUT2D eigenvalue weighted by atomic mass is 10.1. The van der Waals surface area contributed by atoms with Crippen LogP contribution in [0.3, 0.4) is 0 Å². The van der Waals surface area contributed by atoms with Crippen LogP contribution in [0.1, 0.15) is 5.56 Å². The number of aromatic nitrogens is 1. The van der Waals surface area contributed by atoms with Gasteiger partial charge in [0.05, 0.1) is 26.3 Å². The Kier molecular flexibility index (Phi) is 6.15. The summed E-state index contributed by atoms with van der Waals surface area (Å²) in [6.45, 7) is 0.126. The van der Waals surface area contributed by atoms with Crippen LogP contribution < -0.4 is 20.7 Å². The van der Waals surface area contributed by atoms with E-state index in [2.05, 4.69) is 0 Å². The molecule has 0 aliphatic rings. The molecule has 5 rings (SSSR count). The molecule has 1 N–H and O–H groups in total. The number of benzene rings is 3. The molecule has 0 amide bonds. The van der Waals surface area contributed by atoms with Gasteiger partial charge in [0.2, 0.25) is 0 Å². The van der Waals surface area contributed by atoms with Gasteiger partial charge in [0, 0.05) is 21.9 Å². The highest BCUT2D eigenvalue weighted by Crippen LogP contribution is 2.38. The van der Waals surface area contributed by atoms with Crippen molar-refractivity contribution in [2.24, 2.45) is 0 Å². The Morgan fingerprint density at radius 1 is 1.00 bits per heavy atom. The quantitative estimate of drug-likeness (QED) is 0.319. The van der Waals surface area contributed by atoms with Crippen molar-refractivity contribution in [1.29, 1.82) is 0 Å². The summed E-state index contributed by atoms with van der Waals surface area (Å²) >= 11 is 0.889. The summed E-state index contributed by atoms with van der Waals surface area (Å²) in [5.74, 6) is 0.171. The predicted octanol–water partition coefficient (Wildman–Crippen LogP) is 5.17. The summed E-state index contributed by atoms with van der Waals surface area (Å²) in [5.41, 5.74) is -0.199. The molecule has 3 aromatic carbocycles. The predicted molar refractivity (Wildman–Crippen MR) is 135 cm³/mol. The Labute approximate surface area is 208 Å². The molecule has 0 aliphatic heterocycles. The first kappa shape index (κ1) is 23.5. The van der Waals surface area contributed by atoms with Crippen molar-refractivity contribution >= 4 is 33.6 Å². The largest absolute Gasteiger partial charge is 0.505 e. The number of ether oxygens (including phenoxy) is 2. The second-order valence-electron chi connectivity index (χ2n) is 7.91. The number of nitrogens with zero attached hydrogens (tertiary/aromatic N) is 1. The number of pyridine rings is 1. The number of halogens is 1. The van der Waals surface area contributed by atoms with E-state index in [4.69, 9.17) is 13.9 Å². The lowest BCUT2D eigenvalue weighted by molar-refractivity contribution is 0.408. The third kappa shape index (κ3) is 4.07. The third-order valence-corrected chi connectivity index (χ3v) is 6.88. The first-order valence-corrected chi connectivity index (χ1v) is 11.7. The molecule has 0 radical (unpaired) electrons. The topological polar surface area (TPSA) is 90.9 Å². The van der Waals surface area contributed by atoms with Crippen molar-refractivity contribution < 1.29 is 23.4 Å². The lowest BCUT2D eigenvalue weighted by Gasteiger charge is -2.16. The Hall–Kier alpha value is -4.24. The molecule has 0 saturated heterocycles. The highest BCUT2D eigenvalue weighted by molar-refractivity contribution is 7.99. The van der Waals surface area contributed by atoms with Gasteiger partial charge in [-0.2, -0.15) is 0 Å². The number of methoxy groups -OCH3 is 2. The Bertz CT molecular complexity index is 1730. The first-order valence-electron chi connectivity index (χ1n) is 10.9. The molecular weight excluding hydrogens is 485 g/mol. The van der Waals surface area contributed by atoms with Gasteiger partial charge in [0.15, 0.2) is 11.3 Å². The highest BCUT2D eigenvalue weighted by atomic mass is 32.2. The van der Waals surface area contributed by atoms with Crippen LogP contribution in [0, 0.1) is 5.82 Å². The van der Waals surface area contributed by atoms with E-state index in [1.165, 1.54) is 35.9 Å². The SMILES string of the molecule is COc1ccc2c3oc(=O)c(Sc4ccc(F)cc4)c(O)c3c(=O)n(Cc3ccccc3OC)c2c1. The zero-order valence-corrected chi connectivity index (χ0v) is 20.1. The molecule has 0 atom stereocenters. The normalized spacial score (nSPS) is 11.2. The maximum absolute atomic E-state index is 13.8. The van der Waals surface area contributed by atoms with E-state index in [0.29, 0.717) is 27.3 Å². The van der Waals surface area contributed by atoms with Gasteiger partial charge < -0.3 is 23.6 Å². The minimum atomic E-state index is -0.812. The van der Waals surface area contributed by atoms with Crippen LogP contribution in [0.15, 0.2) is 90.5 Å². The van der Waals surface area contributed by atoms with E-state index >= 15 is 0 Å². The van der Waals surface area contributed by atoms with Crippen molar-refractivity contribution in [3.05, 3.63) is 98.9 Å². The molecule has 2 aromatic heterocycles. The smallest absolute Gasteiger partial charge is 0.354 e. The Morgan fingerprint density at radius 3 is 2.47 bits per heavy atom. The average Bonchev–Trinajstić information content (AvgIpc) is 2.89. The monoisotopic (exact) mass is 505 g/mol. The minimum Gasteiger partial charge on any atom is -0.505 e. The van der Waals surface area contributed by atoms with E-state index in [0.717, 1.165) is 17.3 Å². The summed E-state index contributed by atoms with van der Waals surface area (Å²) in [7, 11) is 3.05. The van der Waals surface area contributed by atoms with Gasteiger partial charge in [-0.15, -0.1) is 0 Å². The summed E-state index contributed by atoms with van der Waals surface area (Å²) in [5, 5.41) is 11.5. The number of aromatic hydroxyl groups is 1. The molecule has 36 heavy (non-hydrogen) atoms. The van der Waals surface area contributed by atoms with E-state index in [9.17, 15) is 19.1 Å². The number of fused-ring (bicyclic) bond motifs is 3. The van der Waals surface area contributed by atoms with E-state index in [1.807, 2.05) is 18.2 Å². The zero-order valence-electron chi connectivity index (χ0n) is 19.3.